The third kappa shape index (κ3) is 4.13. The number of carbonyl (C=O) groups is 1. The number of nitrogens with two attached hydrogens (primary N) is 1. The van der Waals surface area contributed by atoms with Crippen molar-refractivity contribution in [3.8, 4) is 5.75 Å². The average Bonchev–Trinajstić information content (AvgIpc) is 2.45. The van der Waals surface area contributed by atoms with E-state index in [1.165, 1.54) is 0 Å². The van der Waals surface area contributed by atoms with Gasteiger partial charge in [0.2, 0.25) is 0 Å². The molecule has 22 heavy (non-hydrogen) atoms. The number of benzene rings is 1. The fourth-order valence-corrected chi connectivity index (χ4v) is 2.76. The number of likely N-dealkylation sites (tertiary alicyclic amines) is 1. The molecule has 1 fully saturated rings. The van der Waals surface area contributed by atoms with Crippen LogP contribution in [0.5, 0.6) is 5.75 Å². The van der Waals surface area contributed by atoms with Crippen LogP contribution < -0.4 is 10.5 Å². The lowest BCUT2D eigenvalue weighted by molar-refractivity contribution is 0.0186. The van der Waals surface area contributed by atoms with E-state index in [9.17, 15) is 4.79 Å². The van der Waals surface area contributed by atoms with Gasteiger partial charge in [-0.15, -0.1) is 0 Å². The lowest BCUT2D eigenvalue weighted by Crippen LogP contribution is -2.50. The second-order valence-electron chi connectivity index (χ2n) is 6.76. The lowest BCUT2D eigenvalue weighted by atomic mass is 9.86. The van der Waals surface area contributed by atoms with Gasteiger partial charge >= 0.3 is 6.09 Å². The Bertz CT molecular complexity index is 525. The van der Waals surface area contributed by atoms with Gasteiger partial charge in [0, 0.05) is 25.0 Å². The Morgan fingerprint density at radius 2 is 2.09 bits per heavy atom. The molecule has 5 heteroatoms. The molecule has 122 valence electrons. The van der Waals surface area contributed by atoms with Gasteiger partial charge in [0.05, 0.1) is 7.11 Å². The van der Waals surface area contributed by atoms with E-state index in [0.29, 0.717) is 13.1 Å². The van der Waals surface area contributed by atoms with Gasteiger partial charge in [-0.3, -0.25) is 0 Å². The highest BCUT2D eigenvalue weighted by Crippen LogP contribution is 2.30. The summed E-state index contributed by atoms with van der Waals surface area (Å²) < 4.78 is 10.7. The highest BCUT2D eigenvalue weighted by Gasteiger charge is 2.32. The maximum Gasteiger partial charge on any atom is 0.410 e. The molecular weight excluding hydrogens is 280 g/mol. The largest absolute Gasteiger partial charge is 0.497 e. The normalized spacial score (nSPS) is 22.3. The number of methoxy groups -OCH3 is 1. The van der Waals surface area contributed by atoms with Gasteiger partial charge in [-0.1, -0.05) is 12.1 Å². The first kappa shape index (κ1) is 16.6. The molecule has 1 aromatic rings. The average molecular weight is 306 g/mol. The molecule has 0 bridgehead atoms. The number of amides is 1. The summed E-state index contributed by atoms with van der Waals surface area (Å²) in [6.45, 7) is 6.77. The van der Waals surface area contributed by atoms with Gasteiger partial charge in [-0.25, -0.2) is 4.79 Å². The van der Waals surface area contributed by atoms with Gasteiger partial charge < -0.3 is 20.1 Å². The molecule has 0 unspecified atom stereocenters. The number of nitrogens with zero attached hydrogens (tertiary/aromatic N) is 1. The number of piperidine rings is 1. The Hall–Kier alpha value is -1.75. The SMILES string of the molecule is COc1cccc([C@H]2CCN(C(=O)OC(C)(C)C)C[C@@H]2N)c1. The van der Waals surface area contributed by atoms with Crippen LogP contribution >= 0.6 is 0 Å². The van der Waals surface area contributed by atoms with Crippen LogP contribution in [0.15, 0.2) is 24.3 Å². The van der Waals surface area contributed by atoms with E-state index in [2.05, 4.69) is 6.07 Å². The zero-order chi connectivity index (χ0) is 16.3. The summed E-state index contributed by atoms with van der Waals surface area (Å²) in [5, 5.41) is 0. The smallest absolute Gasteiger partial charge is 0.410 e. The summed E-state index contributed by atoms with van der Waals surface area (Å²) in [5.74, 6) is 1.06. The van der Waals surface area contributed by atoms with Gasteiger partial charge in [-0.2, -0.15) is 0 Å². The van der Waals surface area contributed by atoms with E-state index < -0.39 is 5.60 Å². The lowest BCUT2D eigenvalue weighted by Gasteiger charge is -2.37. The Morgan fingerprint density at radius 3 is 2.68 bits per heavy atom. The van der Waals surface area contributed by atoms with Crippen LogP contribution in [0.4, 0.5) is 4.79 Å². The van der Waals surface area contributed by atoms with Crippen LogP contribution in [0.3, 0.4) is 0 Å². The number of ether oxygens (including phenoxy) is 2. The van der Waals surface area contributed by atoms with Crippen LogP contribution in [-0.2, 0) is 4.74 Å². The van der Waals surface area contributed by atoms with E-state index in [0.717, 1.165) is 17.7 Å². The standard InChI is InChI=1S/C17H26N2O3/c1-17(2,3)22-16(20)19-9-8-14(15(18)11-19)12-6-5-7-13(10-12)21-4/h5-7,10,14-15H,8-9,11,18H2,1-4H3/t14-,15+/m1/s1. The molecule has 0 radical (unpaired) electrons. The number of hydrogen-bond donors (Lipinski definition) is 1. The summed E-state index contributed by atoms with van der Waals surface area (Å²) in [7, 11) is 1.66. The third-order valence-electron chi connectivity index (χ3n) is 3.83. The molecule has 5 nitrogen and oxygen atoms in total. The molecule has 0 aromatic heterocycles. The number of carbonyl (C=O) groups excluding carboxylic acids is 1. The van der Waals surface area contributed by atoms with Crippen molar-refractivity contribution in [1.82, 2.24) is 4.90 Å². The molecule has 2 N–H and O–H groups in total. The van der Waals surface area contributed by atoms with Crippen molar-refractivity contribution in [1.29, 1.82) is 0 Å². The maximum absolute atomic E-state index is 12.1. The van der Waals surface area contributed by atoms with Crippen molar-refractivity contribution in [3.05, 3.63) is 29.8 Å². The molecule has 2 atom stereocenters. The fraction of sp³-hybridized carbons (Fsp3) is 0.588. The Kier molecular flexibility index (Phi) is 4.96. The van der Waals surface area contributed by atoms with Gasteiger partial charge in [0.15, 0.2) is 0 Å². The minimum absolute atomic E-state index is 0.103. The van der Waals surface area contributed by atoms with Crippen molar-refractivity contribution in [2.75, 3.05) is 20.2 Å². The minimum Gasteiger partial charge on any atom is -0.497 e. The molecule has 1 aliphatic heterocycles. The molecule has 1 heterocycles. The minimum atomic E-state index is -0.481. The van der Waals surface area contributed by atoms with Crippen molar-refractivity contribution in [2.24, 2.45) is 5.73 Å². The van der Waals surface area contributed by atoms with E-state index in [1.807, 2.05) is 39.0 Å². The molecule has 0 saturated carbocycles. The molecule has 1 amide bonds. The maximum atomic E-state index is 12.1. The van der Waals surface area contributed by atoms with Crippen molar-refractivity contribution >= 4 is 6.09 Å². The van der Waals surface area contributed by atoms with Gasteiger partial charge in [-0.05, 0) is 44.9 Å². The molecule has 1 aliphatic rings. The number of hydrogen-bond acceptors (Lipinski definition) is 4. The molecule has 0 aliphatic carbocycles. The topological polar surface area (TPSA) is 64.8 Å². The first-order valence-corrected chi connectivity index (χ1v) is 7.67. The van der Waals surface area contributed by atoms with Crippen LogP contribution in [0.2, 0.25) is 0 Å². The van der Waals surface area contributed by atoms with Crippen molar-refractivity contribution < 1.29 is 14.3 Å². The Morgan fingerprint density at radius 1 is 1.36 bits per heavy atom. The zero-order valence-corrected chi connectivity index (χ0v) is 13.8. The summed E-state index contributed by atoms with van der Waals surface area (Å²) in [4.78, 5) is 13.8. The second-order valence-corrected chi connectivity index (χ2v) is 6.76. The van der Waals surface area contributed by atoms with Crippen LogP contribution in [0.1, 0.15) is 38.7 Å². The highest BCUT2D eigenvalue weighted by atomic mass is 16.6. The second kappa shape index (κ2) is 6.57. The molecule has 1 aromatic carbocycles. The Labute approximate surface area is 132 Å². The van der Waals surface area contributed by atoms with Crippen LogP contribution in [0.25, 0.3) is 0 Å². The zero-order valence-electron chi connectivity index (χ0n) is 13.8. The predicted molar refractivity (Wildman–Crippen MR) is 86.1 cm³/mol. The van der Waals surface area contributed by atoms with Crippen LogP contribution in [-0.4, -0.2) is 42.8 Å². The third-order valence-corrected chi connectivity index (χ3v) is 3.83. The number of rotatable bonds is 2. The van der Waals surface area contributed by atoms with E-state index >= 15 is 0 Å². The van der Waals surface area contributed by atoms with E-state index in [-0.39, 0.29) is 18.1 Å². The van der Waals surface area contributed by atoms with E-state index in [1.54, 1.807) is 12.0 Å². The monoisotopic (exact) mass is 306 g/mol. The van der Waals surface area contributed by atoms with Gasteiger partial charge in [0.1, 0.15) is 11.4 Å². The molecule has 1 saturated heterocycles. The first-order chi connectivity index (χ1) is 10.3. The predicted octanol–water partition coefficient (Wildman–Crippen LogP) is 2.75. The molecule has 0 spiro atoms. The van der Waals surface area contributed by atoms with Crippen molar-refractivity contribution in [3.63, 3.8) is 0 Å². The highest BCUT2D eigenvalue weighted by molar-refractivity contribution is 5.68. The van der Waals surface area contributed by atoms with Crippen molar-refractivity contribution in [2.45, 2.75) is 44.8 Å². The summed E-state index contributed by atoms with van der Waals surface area (Å²) in [6, 6.07) is 7.88. The first-order valence-electron chi connectivity index (χ1n) is 7.67. The quantitative estimate of drug-likeness (QED) is 0.912. The summed E-state index contributed by atoms with van der Waals surface area (Å²) in [6.07, 6.45) is 0.542. The molecule has 2 rings (SSSR count). The summed E-state index contributed by atoms with van der Waals surface area (Å²) >= 11 is 0. The van der Waals surface area contributed by atoms with E-state index in [4.69, 9.17) is 15.2 Å². The molecular formula is C17H26N2O3. The Balaban J connectivity index is 2.02. The summed E-state index contributed by atoms with van der Waals surface area (Å²) in [5.41, 5.74) is 6.99. The van der Waals surface area contributed by atoms with Gasteiger partial charge in [0.25, 0.3) is 0 Å². The fourth-order valence-electron chi connectivity index (χ4n) is 2.76. The van der Waals surface area contributed by atoms with Crippen LogP contribution in [0, 0.1) is 0 Å².